The predicted octanol–water partition coefficient (Wildman–Crippen LogP) is 2.26. The second-order valence-corrected chi connectivity index (χ2v) is 6.73. The zero-order chi connectivity index (χ0) is 18.6. The van der Waals surface area contributed by atoms with E-state index < -0.39 is 11.5 Å². The molecule has 0 atom stereocenters. The van der Waals surface area contributed by atoms with Gasteiger partial charge in [0.25, 0.3) is 5.91 Å². The van der Waals surface area contributed by atoms with Gasteiger partial charge in [-0.25, -0.2) is 0 Å². The highest BCUT2D eigenvalue weighted by atomic mass is 16.3. The van der Waals surface area contributed by atoms with Crippen LogP contribution in [0.2, 0.25) is 0 Å². The summed E-state index contributed by atoms with van der Waals surface area (Å²) in [5.41, 5.74) is 6.06. The predicted molar refractivity (Wildman–Crippen MR) is 97.3 cm³/mol. The Balaban J connectivity index is 1.94. The van der Waals surface area contributed by atoms with Crippen molar-refractivity contribution in [1.82, 2.24) is 10.3 Å². The molecule has 1 aliphatic rings. The lowest BCUT2D eigenvalue weighted by Crippen LogP contribution is -2.36. The van der Waals surface area contributed by atoms with E-state index in [2.05, 4.69) is 10.3 Å². The SMILES string of the molecule is NC(=O)c1cccc(C(=O)NCc2cccnc2)c1C1(O)CCCCC1. The zero-order valence-corrected chi connectivity index (χ0v) is 14.6. The van der Waals surface area contributed by atoms with Crippen LogP contribution in [-0.4, -0.2) is 21.9 Å². The number of nitrogens with one attached hydrogen (secondary N) is 1. The number of benzene rings is 1. The highest BCUT2D eigenvalue weighted by Gasteiger charge is 2.37. The Hall–Kier alpha value is -2.73. The number of carbonyl (C=O) groups excluding carboxylic acids is 2. The van der Waals surface area contributed by atoms with Crippen LogP contribution in [0.3, 0.4) is 0 Å². The molecule has 0 saturated heterocycles. The van der Waals surface area contributed by atoms with Crippen molar-refractivity contribution >= 4 is 11.8 Å². The smallest absolute Gasteiger partial charge is 0.251 e. The number of primary amides is 1. The molecule has 6 heteroatoms. The Morgan fingerprint density at radius 2 is 1.85 bits per heavy atom. The average molecular weight is 353 g/mol. The molecule has 0 spiro atoms. The molecule has 1 aromatic heterocycles. The number of aliphatic hydroxyl groups is 1. The van der Waals surface area contributed by atoms with Crippen LogP contribution in [0.25, 0.3) is 0 Å². The lowest BCUT2D eigenvalue weighted by atomic mass is 9.75. The van der Waals surface area contributed by atoms with Crippen LogP contribution in [0, 0.1) is 0 Å². The average Bonchev–Trinajstić information content (AvgIpc) is 2.67. The fourth-order valence-corrected chi connectivity index (χ4v) is 3.62. The maximum atomic E-state index is 12.8. The maximum absolute atomic E-state index is 12.8. The van der Waals surface area contributed by atoms with Crippen molar-refractivity contribution in [1.29, 1.82) is 0 Å². The summed E-state index contributed by atoms with van der Waals surface area (Å²) in [6.45, 7) is 0.311. The van der Waals surface area contributed by atoms with Gasteiger partial charge >= 0.3 is 0 Å². The molecule has 1 heterocycles. The van der Waals surface area contributed by atoms with Crippen LogP contribution < -0.4 is 11.1 Å². The highest BCUT2D eigenvalue weighted by Crippen LogP contribution is 2.40. The molecule has 26 heavy (non-hydrogen) atoms. The minimum atomic E-state index is -1.20. The van der Waals surface area contributed by atoms with Gasteiger partial charge in [-0.1, -0.05) is 31.4 Å². The number of nitrogens with zero attached hydrogens (tertiary/aromatic N) is 1. The minimum absolute atomic E-state index is 0.212. The third-order valence-electron chi connectivity index (χ3n) is 4.90. The molecule has 0 aliphatic heterocycles. The van der Waals surface area contributed by atoms with E-state index in [9.17, 15) is 14.7 Å². The molecule has 2 aromatic rings. The lowest BCUT2D eigenvalue weighted by molar-refractivity contribution is -0.00209. The van der Waals surface area contributed by atoms with E-state index in [0.29, 0.717) is 30.5 Å². The maximum Gasteiger partial charge on any atom is 0.251 e. The van der Waals surface area contributed by atoms with Crippen LogP contribution in [0.15, 0.2) is 42.7 Å². The first-order chi connectivity index (χ1) is 12.5. The van der Waals surface area contributed by atoms with E-state index in [4.69, 9.17) is 5.73 Å². The van der Waals surface area contributed by atoms with Gasteiger partial charge in [-0.05, 0) is 36.6 Å². The molecule has 3 rings (SSSR count). The van der Waals surface area contributed by atoms with E-state index in [1.807, 2.05) is 6.07 Å². The van der Waals surface area contributed by atoms with Crippen LogP contribution in [-0.2, 0) is 12.1 Å². The zero-order valence-electron chi connectivity index (χ0n) is 14.6. The molecule has 0 bridgehead atoms. The van der Waals surface area contributed by atoms with Gasteiger partial charge in [0, 0.05) is 35.6 Å². The second-order valence-electron chi connectivity index (χ2n) is 6.73. The van der Waals surface area contributed by atoms with E-state index in [1.165, 1.54) is 0 Å². The van der Waals surface area contributed by atoms with Crippen molar-refractivity contribution in [3.05, 3.63) is 65.0 Å². The Morgan fingerprint density at radius 3 is 2.50 bits per heavy atom. The standard InChI is InChI=1S/C20H23N3O3/c21-18(24)15-7-4-8-16(17(15)20(26)9-2-1-3-10-20)19(25)23-13-14-6-5-11-22-12-14/h4-8,11-12,26H,1-3,9-10,13H2,(H2,21,24)(H,23,25). The molecule has 4 N–H and O–H groups in total. The second kappa shape index (κ2) is 7.66. The summed E-state index contributed by atoms with van der Waals surface area (Å²) in [7, 11) is 0. The van der Waals surface area contributed by atoms with Gasteiger partial charge in [0.2, 0.25) is 5.91 Å². The first kappa shape index (κ1) is 18.1. The van der Waals surface area contributed by atoms with Crippen LogP contribution >= 0.6 is 0 Å². The summed E-state index contributed by atoms with van der Waals surface area (Å²) < 4.78 is 0. The van der Waals surface area contributed by atoms with Gasteiger partial charge in [-0.2, -0.15) is 0 Å². The molecule has 2 amide bonds. The number of carbonyl (C=O) groups is 2. The molecule has 1 fully saturated rings. The third-order valence-corrected chi connectivity index (χ3v) is 4.90. The number of rotatable bonds is 5. The quantitative estimate of drug-likeness (QED) is 0.766. The summed E-state index contributed by atoms with van der Waals surface area (Å²) in [5.74, 6) is -0.980. The van der Waals surface area contributed by atoms with E-state index in [-0.39, 0.29) is 11.5 Å². The van der Waals surface area contributed by atoms with Gasteiger partial charge in [-0.3, -0.25) is 14.6 Å². The summed E-state index contributed by atoms with van der Waals surface area (Å²) in [4.78, 5) is 28.8. The number of hydrogen-bond donors (Lipinski definition) is 3. The topological polar surface area (TPSA) is 105 Å². The molecular weight excluding hydrogens is 330 g/mol. The van der Waals surface area contributed by atoms with Crippen molar-refractivity contribution in [2.24, 2.45) is 5.73 Å². The highest BCUT2D eigenvalue weighted by molar-refractivity contribution is 6.02. The van der Waals surface area contributed by atoms with Crippen molar-refractivity contribution in [3.8, 4) is 0 Å². The Kier molecular flexibility index (Phi) is 5.32. The van der Waals surface area contributed by atoms with E-state index in [0.717, 1.165) is 24.8 Å². The summed E-state index contributed by atoms with van der Waals surface area (Å²) in [6, 6.07) is 8.48. The number of pyridine rings is 1. The van der Waals surface area contributed by atoms with Gasteiger partial charge in [0.05, 0.1) is 5.60 Å². The van der Waals surface area contributed by atoms with Crippen molar-refractivity contribution in [3.63, 3.8) is 0 Å². The summed E-state index contributed by atoms with van der Waals surface area (Å²) in [5, 5.41) is 14.0. The first-order valence-electron chi connectivity index (χ1n) is 8.84. The van der Waals surface area contributed by atoms with Crippen molar-refractivity contribution in [2.45, 2.75) is 44.2 Å². The number of aromatic nitrogens is 1. The molecule has 1 saturated carbocycles. The number of hydrogen-bond acceptors (Lipinski definition) is 4. The number of nitrogens with two attached hydrogens (primary N) is 1. The Bertz CT molecular complexity index is 799. The van der Waals surface area contributed by atoms with Crippen LogP contribution in [0.4, 0.5) is 0 Å². The van der Waals surface area contributed by atoms with Gasteiger partial charge in [0.1, 0.15) is 0 Å². The summed E-state index contributed by atoms with van der Waals surface area (Å²) >= 11 is 0. The number of amides is 2. The van der Waals surface area contributed by atoms with Gasteiger partial charge in [-0.15, -0.1) is 0 Å². The van der Waals surface area contributed by atoms with Crippen LogP contribution in [0.1, 0.15) is 63.9 Å². The minimum Gasteiger partial charge on any atom is -0.385 e. The third kappa shape index (κ3) is 3.75. The van der Waals surface area contributed by atoms with Crippen LogP contribution in [0.5, 0.6) is 0 Å². The molecule has 1 aromatic carbocycles. The summed E-state index contributed by atoms with van der Waals surface area (Å²) in [6.07, 6.45) is 7.10. The van der Waals surface area contributed by atoms with Gasteiger partial charge in [0.15, 0.2) is 0 Å². The molecule has 136 valence electrons. The first-order valence-corrected chi connectivity index (χ1v) is 8.84. The largest absolute Gasteiger partial charge is 0.385 e. The van der Waals surface area contributed by atoms with E-state index >= 15 is 0 Å². The monoisotopic (exact) mass is 353 g/mol. The van der Waals surface area contributed by atoms with Gasteiger partial charge < -0.3 is 16.2 Å². The fourth-order valence-electron chi connectivity index (χ4n) is 3.62. The lowest BCUT2D eigenvalue weighted by Gasteiger charge is -2.35. The normalized spacial score (nSPS) is 16.0. The van der Waals surface area contributed by atoms with Crippen molar-refractivity contribution in [2.75, 3.05) is 0 Å². The Morgan fingerprint density at radius 1 is 1.12 bits per heavy atom. The van der Waals surface area contributed by atoms with E-state index in [1.54, 1.807) is 36.7 Å². The molecule has 0 unspecified atom stereocenters. The molecule has 1 aliphatic carbocycles. The molecule has 6 nitrogen and oxygen atoms in total. The fraction of sp³-hybridized carbons (Fsp3) is 0.350. The van der Waals surface area contributed by atoms with Crippen molar-refractivity contribution < 1.29 is 14.7 Å². The Labute approximate surface area is 152 Å². The molecule has 0 radical (unpaired) electrons. The molecular formula is C20H23N3O3.